The monoisotopic (exact) mass is 313 g/mol. The number of nitrogens with one attached hydrogen (secondary N) is 1. The van der Waals surface area contributed by atoms with Crippen molar-refractivity contribution in [3.8, 4) is 10.6 Å². The van der Waals surface area contributed by atoms with Crippen LogP contribution in [0.2, 0.25) is 0 Å². The molecule has 0 radical (unpaired) electrons. The standard InChI is InChI=1S/C19H23NOS/c1-2-18(22-5-1)17-4-3-16(21-17)12-20-19-9-13-6-14(10-19)8-15(7-13)11-19/h1-5,13-15,20H,6-12H2. The molecular weight excluding hydrogens is 290 g/mol. The maximum absolute atomic E-state index is 6.04. The van der Waals surface area contributed by atoms with E-state index in [-0.39, 0.29) is 0 Å². The highest BCUT2D eigenvalue weighted by Gasteiger charge is 2.50. The number of thiophene rings is 1. The van der Waals surface area contributed by atoms with E-state index in [1.807, 2.05) is 0 Å². The van der Waals surface area contributed by atoms with Crippen LogP contribution in [0.5, 0.6) is 0 Å². The summed E-state index contributed by atoms with van der Waals surface area (Å²) in [4.78, 5) is 1.22. The fraction of sp³-hybridized carbons (Fsp3) is 0.579. The van der Waals surface area contributed by atoms with Gasteiger partial charge in [-0.15, -0.1) is 11.3 Å². The first-order valence-electron chi connectivity index (χ1n) is 8.66. The Labute approximate surface area is 135 Å². The molecule has 3 heteroatoms. The Kier molecular flexibility index (Phi) is 3.02. The van der Waals surface area contributed by atoms with Crippen molar-refractivity contribution in [2.45, 2.75) is 50.6 Å². The molecule has 6 rings (SSSR count). The minimum Gasteiger partial charge on any atom is -0.459 e. The molecule has 0 aliphatic heterocycles. The van der Waals surface area contributed by atoms with Crippen LogP contribution >= 0.6 is 11.3 Å². The summed E-state index contributed by atoms with van der Waals surface area (Å²) in [5, 5.41) is 6.01. The zero-order valence-electron chi connectivity index (χ0n) is 12.9. The highest BCUT2D eigenvalue weighted by Crippen LogP contribution is 2.55. The number of hydrogen-bond acceptors (Lipinski definition) is 3. The van der Waals surface area contributed by atoms with Gasteiger partial charge in [0.1, 0.15) is 11.5 Å². The molecule has 116 valence electrons. The molecule has 0 saturated heterocycles. The van der Waals surface area contributed by atoms with Crippen molar-refractivity contribution in [1.82, 2.24) is 5.32 Å². The Balaban J connectivity index is 1.29. The van der Waals surface area contributed by atoms with Crippen LogP contribution in [0.1, 0.15) is 44.3 Å². The van der Waals surface area contributed by atoms with Crippen LogP contribution in [0, 0.1) is 17.8 Å². The lowest BCUT2D eigenvalue weighted by Crippen LogP contribution is -2.58. The van der Waals surface area contributed by atoms with Gasteiger partial charge in [-0.3, -0.25) is 0 Å². The summed E-state index contributed by atoms with van der Waals surface area (Å²) in [7, 11) is 0. The second kappa shape index (κ2) is 4.97. The molecule has 0 amide bonds. The van der Waals surface area contributed by atoms with Gasteiger partial charge >= 0.3 is 0 Å². The molecule has 4 aliphatic carbocycles. The molecule has 2 aromatic heterocycles. The van der Waals surface area contributed by atoms with Gasteiger partial charge in [0, 0.05) is 5.54 Å². The van der Waals surface area contributed by atoms with E-state index in [2.05, 4.69) is 35.0 Å². The van der Waals surface area contributed by atoms with E-state index in [1.165, 1.54) is 43.4 Å². The Morgan fingerprint density at radius 3 is 2.41 bits per heavy atom. The summed E-state index contributed by atoms with van der Waals surface area (Å²) in [6.45, 7) is 0.886. The van der Waals surface area contributed by atoms with Gasteiger partial charge in [-0.1, -0.05) is 6.07 Å². The highest BCUT2D eigenvalue weighted by molar-refractivity contribution is 7.13. The predicted octanol–water partition coefficient (Wildman–Crippen LogP) is 5.07. The number of hydrogen-bond donors (Lipinski definition) is 1. The first-order valence-corrected chi connectivity index (χ1v) is 9.54. The van der Waals surface area contributed by atoms with E-state index in [0.29, 0.717) is 5.54 Å². The topological polar surface area (TPSA) is 25.2 Å². The molecule has 2 aromatic rings. The Hall–Kier alpha value is -1.06. The van der Waals surface area contributed by atoms with E-state index in [9.17, 15) is 0 Å². The van der Waals surface area contributed by atoms with E-state index in [0.717, 1.165) is 35.8 Å². The third-order valence-corrected chi connectivity index (χ3v) is 6.99. The van der Waals surface area contributed by atoms with Crippen molar-refractivity contribution in [1.29, 1.82) is 0 Å². The first kappa shape index (κ1) is 13.4. The lowest BCUT2D eigenvalue weighted by Gasteiger charge is -2.57. The molecule has 2 nitrogen and oxygen atoms in total. The lowest BCUT2D eigenvalue weighted by molar-refractivity contribution is -0.0213. The van der Waals surface area contributed by atoms with E-state index < -0.39 is 0 Å². The van der Waals surface area contributed by atoms with Crippen LogP contribution in [0.3, 0.4) is 0 Å². The zero-order valence-corrected chi connectivity index (χ0v) is 13.7. The number of furan rings is 1. The maximum Gasteiger partial charge on any atom is 0.144 e. The van der Waals surface area contributed by atoms with Crippen LogP contribution < -0.4 is 5.32 Å². The molecule has 4 aliphatic rings. The van der Waals surface area contributed by atoms with Crippen LogP contribution in [0.4, 0.5) is 0 Å². The summed E-state index contributed by atoms with van der Waals surface area (Å²) in [5.74, 6) is 5.09. The van der Waals surface area contributed by atoms with Gasteiger partial charge in [0.05, 0.1) is 11.4 Å². The molecule has 0 spiro atoms. The number of rotatable bonds is 4. The van der Waals surface area contributed by atoms with Gasteiger partial charge in [0.15, 0.2) is 0 Å². The minimum atomic E-state index is 0.421. The van der Waals surface area contributed by atoms with Crippen molar-refractivity contribution in [3.05, 3.63) is 35.4 Å². The SMILES string of the molecule is c1csc(-c2ccc(CNC34CC5CC(CC(C5)C3)C4)o2)c1. The molecule has 0 unspecified atom stereocenters. The van der Waals surface area contributed by atoms with Gasteiger partial charge in [-0.25, -0.2) is 0 Å². The summed E-state index contributed by atoms with van der Waals surface area (Å²) < 4.78 is 6.04. The van der Waals surface area contributed by atoms with Crippen molar-refractivity contribution < 1.29 is 4.42 Å². The summed E-state index contributed by atoms with van der Waals surface area (Å²) in [6.07, 6.45) is 8.71. The molecule has 0 aromatic carbocycles. The molecule has 2 heterocycles. The molecule has 4 fully saturated rings. The second-order valence-corrected chi connectivity index (χ2v) is 8.74. The second-order valence-electron chi connectivity index (χ2n) is 7.79. The Bertz CT molecular complexity index is 622. The van der Waals surface area contributed by atoms with E-state index >= 15 is 0 Å². The van der Waals surface area contributed by atoms with E-state index in [4.69, 9.17) is 4.42 Å². The van der Waals surface area contributed by atoms with Crippen molar-refractivity contribution in [2.75, 3.05) is 0 Å². The third-order valence-electron chi connectivity index (χ3n) is 6.10. The quantitative estimate of drug-likeness (QED) is 0.853. The van der Waals surface area contributed by atoms with Gasteiger partial charge in [-0.05, 0) is 79.9 Å². The zero-order chi connectivity index (χ0) is 14.6. The lowest BCUT2D eigenvalue weighted by atomic mass is 9.53. The fourth-order valence-corrected chi connectivity index (χ4v) is 6.31. The van der Waals surface area contributed by atoms with Gasteiger partial charge < -0.3 is 9.73 Å². The van der Waals surface area contributed by atoms with Crippen molar-refractivity contribution in [2.24, 2.45) is 17.8 Å². The fourth-order valence-electron chi connectivity index (χ4n) is 5.63. The Morgan fingerprint density at radius 1 is 1.05 bits per heavy atom. The van der Waals surface area contributed by atoms with Gasteiger partial charge in [0.2, 0.25) is 0 Å². The molecule has 0 atom stereocenters. The highest BCUT2D eigenvalue weighted by atomic mass is 32.1. The third kappa shape index (κ3) is 2.26. The van der Waals surface area contributed by atoms with Crippen molar-refractivity contribution >= 4 is 11.3 Å². The summed E-state index contributed by atoms with van der Waals surface area (Å²) >= 11 is 1.74. The normalized spacial score (nSPS) is 36.1. The molecule has 4 saturated carbocycles. The van der Waals surface area contributed by atoms with Crippen LogP contribution in [0.15, 0.2) is 34.1 Å². The van der Waals surface area contributed by atoms with E-state index in [1.54, 1.807) is 11.3 Å². The first-order chi connectivity index (χ1) is 10.8. The van der Waals surface area contributed by atoms with Gasteiger partial charge in [0.25, 0.3) is 0 Å². The average molecular weight is 313 g/mol. The van der Waals surface area contributed by atoms with Crippen molar-refractivity contribution in [3.63, 3.8) is 0 Å². The molecular formula is C19H23NOS. The van der Waals surface area contributed by atoms with Crippen LogP contribution in [-0.2, 0) is 6.54 Å². The summed E-state index contributed by atoms with van der Waals surface area (Å²) in [6, 6.07) is 8.46. The Morgan fingerprint density at radius 2 is 1.77 bits per heavy atom. The molecule has 22 heavy (non-hydrogen) atoms. The minimum absolute atomic E-state index is 0.421. The average Bonchev–Trinajstić information content (AvgIpc) is 3.15. The van der Waals surface area contributed by atoms with Crippen LogP contribution in [-0.4, -0.2) is 5.54 Å². The summed E-state index contributed by atoms with van der Waals surface area (Å²) in [5.41, 5.74) is 0.421. The smallest absolute Gasteiger partial charge is 0.144 e. The van der Waals surface area contributed by atoms with Gasteiger partial charge in [-0.2, -0.15) is 0 Å². The molecule has 1 N–H and O–H groups in total. The largest absolute Gasteiger partial charge is 0.459 e. The van der Waals surface area contributed by atoms with Crippen LogP contribution in [0.25, 0.3) is 10.6 Å². The predicted molar refractivity (Wildman–Crippen MR) is 89.8 cm³/mol. The molecule has 4 bridgehead atoms. The maximum atomic E-state index is 6.04.